The van der Waals surface area contributed by atoms with Crippen molar-refractivity contribution < 1.29 is 0 Å². The Hall–Kier alpha value is -1.07. The first-order valence-electron chi connectivity index (χ1n) is 5.57. The van der Waals surface area contributed by atoms with Gasteiger partial charge in [-0.25, -0.2) is 15.0 Å². The molecule has 3 rings (SSSR count). The highest BCUT2D eigenvalue weighted by atomic mass is 32.1. The van der Waals surface area contributed by atoms with Gasteiger partial charge in [0.05, 0.1) is 0 Å². The van der Waals surface area contributed by atoms with Crippen molar-refractivity contribution in [1.82, 2.24) is 20.3 Å². The molecule has 0 unspecified atom stereocenters. The Bertz CT molecular complexity index is 468. The topological polar surface area (TPSA) is 50.7 Å². The van der Waals surface area contributed by atoms with Crippen LogP contribution in [-0.4, -0.2) is 28.0 Å². The van der Waals surface area contributed by atoms with Crippen LogP contribution < -0.4 is 5.32 Å². The number of thiazole rings is 1. The average molecular weight is 234 g/mol. The lowest BCUT2D eigenvalue weighted by molar-refractivity contribution is 0.334. The Morgan fingerprint density at radius 3 is 2.75 bits per heavy atom. The lowest BCUT2D eigenvalue weighted by atomic mass is 9.82. The van der Waals surface area contributed by atoms with Crippen LogP contribution in [0, 0.1) is 0 Å². The van der Waals surface area contributed by atoms with Crippen molar-refractivity contribution in [2.75, 3.05) is 13.1 Å². The Morgan fingerprint density at radius 1 is 1.25 bits per heavy atom. The van der Waals surface area contributed by atoms with Crippen LogP contribution in [0.1, 0.15) is 24.8 Å². The smallest absolute Gasteiger partial charge is 0.189 e. The predicted octanol–water partition coefficient (Wildman–Crippen LogP) is 1.73. The van der Waals surface area contributed by atoms with Crippen LogP contribution >= 0.6 is 11.3 Å². The van der Waals surface area contributed by atoms with Crippen LogP contribution in [0.25, 0.3) is 10.5 Å². The number of aromatic nitrogens is 3. The van der Waals surface area contributed by atoms with Crippen molar-refractivity contribution in [3.63, 3.8) is 0 Å². The van der Waals surface area contributed by atoms with Crippen molar-refractivity contribution in [1.29, 1.82) is 0 Å². The van der Waals surface area contributed by atoms with Gasteiger partial charge in [0.25, 0.3) is 0 Å². The maximum absolute atomic E-state index is 4.63. The van der Waals surface area contributed by atoms with E-state index in [2.05, 4.69) is 27.2 Å². The summed E-state index contributed by atoms with van der Waals surface area (Å²) in [6.07, 6.45) is 5.73. The molecule has 16 heavy (non-hydrogen) atoms. The monoisotopic (exact) mass is 234 g/mol. The zero-order valence-corrected chi connectivity index (χ0v) is 10.0. The molecule has 1 aliphatic heterocycles. The van der Waals surface area contributed by atoms with Gasteiger partial charge in [0.15, 0.2) is 10.5 Å². The first-order valence-corrected chi connectivity index (χ1v) is 6.38. The fourth-order valence-electron chi connectivity index (χ4n) is 2.13. The van der Waals surface area contributed by atoms with Crippen molar-refractivity contribution in [2.24, 2.45) is 0 Å². The number of nitrogens with one attached hydrogen (secondary N) is 1. The van der Waals surface area contributed by atoms with E-state index in [1.807, 2.05) is 0 Å². The number of rotatable bonds is 1. The van der Waals surface area contributed by atoms with Crippen LogP contribution in [0.4, 0.5) is 0 Å². The SMILES string of the molecule is CC1(c2nc3nccnc3s2)CCNCC1. The van der Waals surface area contributed by atoms with E-state index in [0.717, 1.165) is 36.4 Å². The molecule has 0 spiro atoms. The highest BCUT2D eigenvalue weighted by Crippen LogP contribution is 2.36. The summed E-state index contributed by atoms with van der Waals surface area (Å²) in [5.41, 5.74) is 1.00. The highest BCUT2D eigenvalue weighted by Gasteiger charge is 2.32. The van der Waals surface area contributed by atoms with Crippen molar-refractivity contribution in [3.8, 4) is 0 Å². The molecule has 0 bridgehead atoms. The third-order valence-corrected chi connectivity index (χ3v) is 4.53. The maximum atomic E-state index is 4.63. The number of nitrogens with zero attached hydrogens (tertiary/aromatic N) is 3. The Labute approximate surface area is 98.1 Å². The zero-order valence-electron chi connectivity index (χ0n) is 9.23. The van der Waals surface area contributed by atoms with E-state index in [-0.39, 0.29) is 5.41 Å². The first-order chi connectivity index (χ1) is 7.78. The van der Waals surface area contributed by atoms with Gasteiger partial charge in [-0.3, -0.25) is 0 Å². The molecule has 1 N–H and O–H groups in total. The van der Waals surface area contributed by atoms with E-state index in [1.165, 1.54) is 5.01 Å². The Morgan fingerprint density at radius 2 is 2.00 bits per heavy atom. The average Bonchev–Trinajstić information content (AvgIpc) is 2.74. The molecule has 0 radical (unpaired) electrons. The minimum Gasteiger partial charge on any atom is -0.317 e. The highest BCUT2D eigenvalue weighted by molar-refractivity contribution is 7.18. The normalized spacial score (nSPS) is 20.1. The van der Waals surface area contributed by atoms with E-state index < -0.39 is 0 Å². The van der Waals surface area contributed by atoms with Gasteiger partial charge in [0, 0.05) is 17.8 Å². The maximum Gasteiger partial charge on any atom is 0.189 e. The largest absolute Gasteiger partial charge is 0.317 e. The standard InChI is InChI=1S/C11H14N4S/c1-11(2-4-12-5-3-11)10-15-8-9(16-10)14-7-6-13-8/h6-7,12H,2-5H2,1H3. The first kappa shape index (κ1) is 10.1. The van der Waals surface area contributed by atoms with E-state index in [9.17, 15) is 0 Å². The lowest BCUT2D eigenvalue weighted by Crippen LogP contribution is -2.37. The van der Waals surface area contributed by atoms with Gasteiger partial charge >= 0.3 is 0 Å². The van der Waals surface area contributed by atoms with Crippen molar-refractivity contribution in [3.05, 3.63) is 17.4 Å². The van der Waals surface area contributed by atoms with E-state index >= 15 is 0 Å². The number of fused-ring (bicyclic) bond motifs is 1. The summed E-state index contributed by atoms with van der Waals surface area (Å²) >= 11 is 1.69. The summed E-state index contributed by atoms with van der Waals surface area (Å²) < 4.78 is 0. The second-order valence-corrected chi connectivity index (χ2v) is 5.49. The second kappa shape index (κ2) is 3.75. The molecule has 0 saturated carbocycles. The minimum absolute atomic E-state index is 0.207. The molecule has 4 nitrogen and oxygen atoms in total. The molecule has 0 amide bonds. The van der Waals surface area contributed by atoms with Crippen molar-refractivity contribution in [2.45, 2.75) is 25.2 Å². The van der Waals surface area contributed by atoms with Gasteiger partial charge < -0.3 is 5.32 Å². The molecule has 2 aromatic rings. The van der Waals surface area contributed by atoms with E-state index in [0.29, 0.717) is 0 Å². The third kappa shape index (κ3) is 1.60. The van der Waals surface area contributed by atoms with Gasteiger partial charge in [-0.2, -0.15) is 0 Å². The minimum atomic E-state index is 0.207. The van der Waals surface area contributed by atoms with Gasteiger partial charge in [0.1, 0.15) is 5.01 Å². The van der Waals surface area contributed by atoms with E-state index in [4.69, 9.17) is 0 Å². The van der Waals surface area contributed by atoms with Crippen LogP contribution in [-0.2, 0) is 5.41 Å². The molecule has 0 aliphatic carbocycles. The zero-order chi connectivity index (χ0) is 11.0. The van der Waals surface area contributed by atoms with Crippen LogP contribution in [0.2, 0.25) is 0 Å². The quantitative estimate of drug-likeness (QED) is 0.816. The van der Waals surface area contributed by atoms with Crippen LogP contribution in [0.5, 0.6) is 0 Å². The van der Waals surface area contributed by atoms with Gasteiger partial charge in [-0.15, -0.1) is 0 Å². The second-order valence-electron chi connectivity index (χ2n) is 4.51. The van der Waals surface area contributed by atoms with Crippen LogP contribution in [0.15, 0.2) is 12.4 Å². The molecular weight excluding hydrogens is 220 g/mol. The summed E-state index contributed by atoms with van der Waals surface area (Å²) in [6, 6.07) is 0. The number of hydrogen-bond donors (Lipinski definition) is 1. The number of piperidine rings is 1. The molecule has 0 aromatic carbocycles. The molecule has 1 fully saturated rings. The fourth-order valence-corrected chi connectivity index (χ4v) is 3.20. The Balaban J connectivity index is 2.04. The summed E-state index contributed by atoms with van der Waals surface area (Å²) in [6.45, 7) is 4.45. The number of hydrogen-bond acceptors (Lipinski definition) is 5. The van der Waals surface area contributed by atoms with Gasteiger partial charge in [-0.05, 0) is 25.9 Å². The van der Waals surface area contributed by atoms with E-state index in [1.54, 1.807) is 23.7 Å². The Kier molecular flexibility index (Phi) is 2.37. The molecule has 84 valence electrons. The molecule has 3 heterocycles. The third-order valence-electron chi connectivity index (χ3n) is 3.27. The molecular formula is C11H14N4S. The molecule has 1 aliphatic rings. The summed E-state index contributed by atoms with van der Waals surface area (Å²) in [7, 11) is 0. The predicted molar refractivity (Wildman–Crippen MR) is 64.7 cm³/mol. The van der Waals surface area contributed by atoms with Crippen LogP contribution in [0.3, 0.4) is 0 Å². The van der Waals surface area contributed by atoms with Gasteiger partial charge in [-0.1, -0.05) is 18.3 Å². The summed E-state index contributed by atoms with van der Waals surface area (Å²) in [5, 5.41) is 4.58. The molecule has 5 heteroatoms. The lowest BCUT2D eigenvalue weighted by Gasteiger charge is -2.31. The molecule has 0 atom stereocenters. The summed E-state index contributed by atoms with van der Waals surface area (Å²) in [4.78, 5) is 14.1. The summed E-state index contributed by atoms with van der Waals surface area (Å²) in [5.74, 6) is 0. The fraction of sp³-hybridized carbons (Fsp3) is 0.545. The molecule has 2 aromatic heterocycles. The molecule has 1 saturated heterocycles. The van der Waals surface area contributed by atoms with Crippen molar-refractivity contribution >= 4 is 21.8 Å². The van der Waals surface area contributed by atoms with Gasteiger partial charge in [0.2, 0.25) is 0 Å².